The maximum Gasteiger partial charge on any atom is 0.129 e. The summed E-state index contributed by atoms with van der Waals surface area (Å²) in [4.78, 5) is 2.31. The van der Waals surface area contributed by atoms with Crippen LogP contribution in [0.5, 0.6) is 5.75 Å². The van der Waals surface area contributed by atoms with E-state index in [1.54, 1.807) is 0 Å². The normalized spacial score (nSPS) is 10.2. The van der Waals surface area contributed by atoms with E-state index in [0.29, 0.717) is 6.61 Å². The van der Waals surface area contributed by atoms with Crippen molar-refractivity contribution in [3.63, 3.8) is 0 Å². The molecule has 0 spiro atoms. The first-order valence-corrected chi connectivity index (χ1v) is 7.46. The molecule has 0 bridgehead atoms. The van der Waals surface area contributed by atoms with Gasteiger partial charge in [-0.2, -0.15) is 0 Å². The summed E-state index contributed by atoms with van der Waals surface area (Å²) in [6.07, 6.45) is 1.84. The maximum absolute atomic E-state index is 6.00. The van der Waals surface area contributed by atoms with Gasteiger partial charge in [-0.1, -0.05) is 43.0 Å². The second-order valence-corrected chi connectivity index (χ2v) is 4.87. The van der Waals surface area contributed by atoms with E-state index in [9.17, 15) is 0 Å². The summed E-state index contributed by atoms with van der Waals surface area (Å²) in [5.74, 6) is 0.887. The van der Waals surface area contributed by atoms with E-state index < -0.39 is 0 Å². The molecule has 110 valence electrons. The van der Waals surface area contributed by atoms with Gasteiger partial charge in [0.25, 0.3) is 0 Å². The Morgan fingerprint density at radius 3 is 2.38 bits per heavy atom. The lowest BCUT2D eigenvalue weighted by molar-refractivity contribution is 0.305. The van der Waals surface area contributed by atoms with Crippen LogP contribution in [0.2, 0.25) is 0 Å². The summed E-state index contributed by atoms with van der Waals surface area (Å²) in [7, 11) is 0. The fourth-order valence-corrected chi connectivity index (χ4v) is 2.34. The molecule has 0 amide bonds. The minimum atomic E-state index is 0.573. The van der Waals surface area contributed by atoms with Gasteiger partial charge in [-0.25, -0.2) is 0 Å². The lowest BCUT2D eigenvalue weighted by Crippen LogP contribution is -2.21. The van der Waals surface area contributed by atoms with Crippen molar-refractivity contribution in [3.05, 3.63) is 66.2 Å². The molecule has 2 aromatic carbocycles. The first-order chi connectivity index (χ1) is 10.3. The van der Waals surface area contributed by atoms with Gasteiger partial charge in [-0.05, 0) is 31.5 Å². The van der Waals surface area contributed by atoms with Crippen molar-refractivity contribution in [2.45, 2.75) is 20.5 Å². The highest BCUT2D eigenvalue weighted by Crippen LogP contribution is 2.27. The second kappa shape index (κ2) is 7.53. The largest absolute Gasteiger partial charge is 0.488 e. The number of anilines is 1. The molecule has 0 aromatic heterocycles. The van der Waals surface area contributed by atoms with Crippen LogP contribution < -0.4 is 9.64 Å². The van der Waals surface area contributed by atoms with Crippen LogP contribution in [-0.2, 0) is 6.61 Å². The molecular formula is C19H23NO. The molecule has 0 atom stereocenters. The summed E-state index contributed by atoms with van der Waals surface area (Å²) < 4.78 is 6.00. The van der Waals surface area contributed by atoms with Gasteiger partial charge in [0.05, 0.1) is 0 Å². The average molecular weight is 281 g/mol. The number of benzene rings is 2. The molecule has 0 radical (unpaired) electrons. The molecule has 0 saturated carbocycles. The molecule has 0 aliphatic rings. The molecule has 2 heteroatoms. The van der Waals surface area contributed by atoms with Gasteiger partial charge in [0.2, 0.25) is 0 Å². The Hall–Kier alpha value is -2.22. The van der Waals surface area contributed by atoms with E-state index in [2.05, 4.69) is 55.7 Å². The van der Waals surface area contributed by atoms with Gasteiger partial charge in [0.1, 0.15) is 12.4 Å². The summed E-state index contributed by atoms with van der Waals surface area (Å²) in [5, 5.41) is 0. The SMILES string of the molecule is C=Cc1ccc(N(CC)CC)cc1OCc1ccccc1. The van der Waals surface area contributed by atoms with Gasteiger partial charge < -0.3 is 9.64 Å². The Morgan fingerprint density at radius 2 is 1.76 bits per heavy atom. The van der Waals surface area contributed by atoms with Crippen molar-refractivity contribution in [3.8, 4) is 5.75 Å². The number of ether oxygens (including phenoxy) is 1. The van der Waals surface area contributed by atoms with Crippen LogP contribution in [0.1, 0.15) is 25.0 Å². The molecule has 0 aliphatic heterocycles. The van der Waals surface area contributed by atoms with E-state index >= 15 is 0 Å². The van der Waals surface area contributed by atoms with Crippen molar-refractivity contribution in [1.29, 1.82) is 0 Å². The zero-order valence-corrected chi connectivity index (χ0v) is 12.9. The third-order valence-electron chi connectivity index (χ3n) is 3.58. The summed E-state index contributed by atoms with van der Waals surface area (Å²) in [5.41, 5.74) is 3.39. The quantitative estimate of drug-likeness (QED) is 0.726. The van der Waals surface area contributed by atoms with Crippen LogP contribution in [0.4, 0.5) is 5.69 Å². The molecule has 0 heterocycles. The smallest absolute Gasteiger partial charge is 0.129 e. The molecule has 2 rings (SSSR count). The van der Waals surface area contributed by atoms with Crippen molar-refractivity contribution in [2.24, 2.45) is 0 Å². The lowest BCUT2D eigenvalue weighted by atomic mass is 10.1. The van der Waals surface area contributed by atoms with Crippen LogP contribution in [0.3, 0.4) is 0 Å². The van der Waals surface area contributed by atoms with Crippen molar-refractivity contribution in [1.82, 2.24) is 0 Å². The number of hydrogen-bond donors (Lipinski definition) is 0. The maximum atomic E-state index is 6.00. The number of nitrogens with zero attached hydrogens (tertiary/aromatic N) is 1. The van der Waals surface area contributed by atoms with Gasteiger partial charge >= 0.3 is 0 Å². The topological polar surface area (TPSA) is 12.5 Å². The minimum Gasteiger partial charge on any atom is -0.488 e. The molecule has 21 heavy (non-hydrogen) atoms. The summed E-state index contributed by atoms with van der Waals surface area (Å²) in [6, 6.07) is 16.5. The third kappa shape index (κ3) is 3.88. The van der Waals surface area contributed by atoms with Crippen molar-refractivity contribution < 1.29 is 4.74 Å². The number of rotatable bonds is 7. The second-order valence-electron chi connectivity index (χ2n) is 4.87. The molecule has 0 fully saturated rings. The molecule has 0 saturated heterocycles. The molecule has 0 aliphatic carbocycles. The minimum absolute atomic E-state index is 0.573. The molecular weight excluding hydrogens is 258 g/mol. The van der Waals surface area contributed by atoms with E-state index in [1.165, 1.54) is 11.3 Å². The van der Waals surface area contributed by atoms with Gasteiger partial charge in [0, 0.05) is 30.4 Å². The van der Waals surface area contributed by atoms with Gasteiger partial charge in [0.15, 0.2) is 0 Å². The van der Waals surface area contributed by atoms with E-state index in [4.69, 9.17) is 4.74 Å². The lowest BCUT2D eigenvalue weighted by Gasteiger charge is -2.22. The van der Waals surface area contributed by atoms with E-state index in [0.717, 1.165) is 24.4 Å². The summed E-state index contributed by atoms with van der Waals surface area (Å²) in [6.45, 7) is 10.7. The zero-order chi connectivity index (χ0) is 15.1. The van der Waals surface area contributed by atoms with E-state index in [-0.39, 0.29) is 0 Å². The highest BCUT2D eigenvalue weighted by molar-refractivity contribution is 5.62. The van der Waals surface area contributed by atoms with Crippen LogP contribution in [0.15, 0.2) is 55.1 Å². The van der Waals surface area contributed by atoms with Crippen molar-refractivity contribution in [2.75, 3.05) is 18.0 Å². The van der Waals surface area contributed by atoms with Crippen LogP contribution in [0.25, 0.3) is 6.08 Å². The first-order valence-electron chi connectivity index (χ1n) is 7.46. The predicted molar refractivity (Wildman–Crippen MR) is 90.9 cm³/mol. The molecule has 2 nitrogen and oxygen atoms in total. The van der Waals surface area contributed by atoms with Crippen LogP contribution in [-0.4, -0.2) is 13.1 Å². The Morgan fingerprint density at radius 1 is 1.05 bits per heavy atom. The van der Waals surface area contributed by atoms with Crippen LogP contribution >= 0.6 is 0 Å². The summed E-state index contributed by atoms with van der Waals surface area (Å²) >= 11 is 0. The standard InChI is InChI=1S/C19H23NO/c1-4-17-12-13-18(20(5-2)6-3)14-19(17)21-15-16-10-8-7-9-11-16/h4,7-14H,1,5-6,15H2,2-3H3. The van der Waals surface area contributed by atoms with E-state index in [1.807, 2.05) is 24.3 Å². The van der Waals surface area contributed by atoms with Gasteiger partial charge in [-0.15, -0.1) is 0 Å². The van der Waals surface area contributed by atoms with Gasteiger partial charge in [-0.3, -0.25) is 0 Å². The fourth-order valence-electron chi connectivity index (χ4n) is 2.34. The zero-order valence-electron chi connectivity index (χ0n) is 12.9. The monoisotopic (exact) mass is 281 g/mol. The predicted octanol–water partition coefficient (Wildman–Crippen LogP) is 4.75. The highest BCUT2D eigenvalue weighted by atomic mass is 16.5. The molecule has 0 unspecified atom stereocenters. The Bertz CT molecular complexity index is 573. The third-order valence-corrected chi connectivity index (χ3v) is 3.58. The average Bonchev–Trinajstić information content (AvgIpc) is 2.55. The number of hydrogen-bond acceptors (Lipinski definition) is 2. The Kier molecular flexibility index (Phi) is 5.44. The molecule has 2 aromatic rings. The van der Waals surface area contributed by atoms with Crippen molar-refractivity contribution >= 4 is 11.8 Å². The fraction of sp³-hybridized carbons (Fsp3) is 0.263. The highest BCUT2D eigenvalue weighted by Gasteiger charge is 2.07. The molecule has 0 N–H and O–H groups in total. The first kappa shape index (κ1) is 15.2. The Labute approximate surface area is 127 Å². The Balaban J connectivity index is 2.19. The van der Waals surface area contributed by atoms with Crippen LogP contribution in [0, 0.1) is 0 Å².